The number of fused-ring (bicyclic) bond motifs is 12. The Bertz CT molecular complexity index is 8320. The van der Waals surface area contributed by atoms with Crippen molar-refractivity contribution >= 4 is 87.4 Å². The smallest absolute Gasteiger partial charge is 0.0714 e. The zero-order chi connectivity index (χ0) is 87.2. The van der Waals surface area contributed by atoms with E-state index in [0.717, 1.165) is 101 Å². The summed E-state index contributed by atoms with van der Waals surface area (Å²) in [6.45, 7) is 0. The summed E-state index contributed by atoms with van der Waals surface area (Å²) < 4.78 is 4.90. The molecule has 0 amide bonds. The molecule has 23 aromatic rings. The third-order valence-corrected chi connectivity index (χ3v) is 29.0. The summed E-state index contributed by atoms with van der Waals surface area (Å²) in [5.41, 5.74) is 39.5. The maximum absolute atomic E-state index is 2.62. The van der Waals surface area contributed by atoms with Gasteiger partial charge < -0.3 is 14.4 Å². The van der Waals surface area contributed by atoms with E-state index < -0.39 is 10.8 Å². The van der Waals surface area contributed by atoms with Gasteiger partial charge in [0.2, 0.25) is 0 Å². The molecular weight excluding hydrogens is 1610 g/mol. The van der Waals surface area contributed by atoms with Gasteiger partial charge >= 0.3 is 0 Å². The Morgan fingerprint density at radius 1 is 0.189 bits per heavy atom. The molecule has 2 aliphatic carbocycles. The number of para-hydroxylation sites is 3. The highest BCUT2D eigenvalue weighted by Gasteiger charge is 2.50. The van der Waals surface area contributed by atoms with Crippen LogP contribution in [0, 0.1) is 0 Å². The number of rotatable bonds is 18. The second-order valence-electron chi connectivity index (χ2n) is 34.6. The van der Waals surface area contributed by atoms with Crippen LogP contribution in [0.4, 0.5) is 34.1 Å². The van der Waals surface area contributed by atoms with Crippen molar-refractivity contribution in [2.45, 2.75) is 10.8 Å². The van der Waals surface area contributed by atoms with Crippen molar-refractivity contribution in [3.63, 3.8) is 0 Å². The number of hydrogen-bond acceptors (Lipinski definition) is 3. The number of thiophene rings is 1. The molecule has 0 fully saturated rings. The number of nitrogens with zero attached hydrogens (tertiary/aromatic N) is 3. The van der Waals surface area contributed by atoms with Crippen LogP contribution in [-0.4, -0.2) is 4.57 Å². The highest BCUT2D eigenvalue weighted by atomic mass is 32.1. The van der Waals surface area contributed by atoms with Crippen molar-refractivity contribution in [3.05, 3.63) is 560 Å². The van der Waals surface area contributed by atoms with Gasteiger partial charge in [-0.05, 0) is 195 Å². The molecule has 0 radical (unpaired) electrons. The third kappa shape index (κ3) is 12.3. The fourth-order valence-electron chi connectivity index (χ4n) is 22.3. The molecule has 0 unspecified atom stereocenters. The summed E-state index contributed by atoms with van der Waals surface area (Å²) >= 11 is 1.88. The van der Waals surface area contributed by atoms with Crippen LogP contribution in [0.3, 0.4) is 0 Å². The summed E-state index contributed by atoms with van der Waals surface area (Å²) in [6, 6.07) is 192. The molecule has 132 heavy (non-hydrogen) atoms. The predicted molar refractivity (Wildman–Crippen MR) is 556 cm³/mol. The second kappa shape index (κ2) is 32.2. The Hall–Kier alpha value is -16.8. The van der Waals surface area contributed by atoms with Crippen LogP contribution in [-0.2, 0) is 10.8 Å². The predicted octanol–water partition coefficient (Wildman–Crippen LogP) is 34.5. The lowest BCUT2D eigenvalue weighted by Crippen LogP contribution is -2.28. The number of benzene rings is 21. The summed E-state index contributed by atoms with van der Waals surface area (Å²) in [5, 5.41) is 4.74. The first kappa shape index (κ1) is 77.6. The number of anilines is 6. The normalized spacial score (nSPS) is 12.7. The average molecular weight is 1700 g/mol. The molecule has 25 rings (SSSR count). The molecule has 2 aromatic heterocycles. The van der Waals surface area contributed by atoms with Crippen molar-refractivity contribution in [2.75, 3.05) is 9.80 Å². The van der Waals surface area contributed by atoms with Crippen LogP contribution < -0.4 is 9.80 Å². The molecule has 0 spiro atoms. The van der Waals surface area contributed by atoms with Gasteiger partial charge in [0.15, 0.2) is 0 Å². The summed E-state index contributed by atoms with van der Waals surface area (Å²) in [4.78, 5) is 5.20. The van der Waals surface area contributed by atoms with Crippen LogP contribution in [0.25, 0.3) is 148 Å². The molecule has 3 nitrogen and oxygen atoms in total. The topological polar surface area (TPSA) is 11.4 Å². The van der Waals surface area contributed by atoms with Crippen molar-refractivity contribution in [1.29, 1.82) is 0 Å². The van der Waals surface area contributed by atoms with Crippen molar-refractivity contribution in [3.8, 4) is 106 Å². The largest absolute Gasteiger partial charge is 0.309 e. The van der Waals surface area contributed by atoms with Gasteiger partial charge in [-0.25, -0.2) is 0 Å². The molecule has 0 N–H and O–H groups in total. The van der Waals surface area contributed by atoms with Gasteiger partial charge in [-0.15, -0.1) is 11.3 Å². The lowest BCUT2D eigenvalue weighted by atomic mass is 9.68. The van der Waals surface area contributed by atoms with E-state index in [2.05, 4.69) is 530 Å². The second-order valence-corrected chi connectivity index (χ2v) is 35.7. The van der Waals surface area contributed by atoms with Gasteiger partial charge in [0, 0.05) is 59.9 Å². The Kier molecular flexibility index (Phi) is 18.9. The van der Waals surface area contributed by atoms with Gasteiger partial charge in [-0.1, -0.05) is 443 Å². The zero-order valence-corrected chi connectivity index (χ0v) is 73.1. The zero-order valence-electron chi connectivity index (χ0n) is 72.3. The van der Waals surface area contributed by atoms with Crippen LogP contribution >= 0.6 is 11.3 Å². The SMILES string of the molecule is c1ccc(-c2ccccc2-c2ccccc2-c2ccccc2N(c2ccc3c(c2)c2ccccc2n3-c2cccc(-c3ccc4c(c3)sc3c(N(c5ccccc5-c5ccccc5-c5ccccc5-c5ccccc5)c5cccc6c5-c5ccccc5C6(c5ccccc5)c5ccccc5)cccc34)c2)c2cccc3c2-c2ccccc2C3(c2ccccc2)c2ccccc2)cc1. The molecule has 0 aliphatic heterocycles. The van der Waals surface area contributed by atoms with Crippen LogP contribution in [0.5, 0.6) is 0 Å². The van der Waals surface area contributed by atoms with E-state index in [4.69, 9.17) is 0 Å². The van der Waals surface area contributed by atoms with E-state index in [1.165, 1.54) is 126 Å². The minimum absolute atomic E-state index is 0.631. The molecule has 0 atom stereocenters. The Labute approximate surface area is 772 Å². The summed E-state index contributed by atoms with van der Waals surface area (Å²) in [6.07, 6.45) is 0. The first-order valence-electron chi connectivity index (χ1n) is 45.6. The molecule has 21 aromatic carbocycles. The fraction of sp³-hybridized carbons (Fsp3) is 0.0156. The van der Waals surface area contributed by atoms with Gasteiger partial charge in [-0.2, -0.15) is 0 Å². The third-order valence-electron chi connectivity index (χ3n) is 27.8. The van der Waals surface area contributed by atoms with E-state index in [9.17, 15) is 0 Å². The highest BCUT2D eigenvalue weighted by Crippen LogP contribution is 2.64. The molecule has 0 bridgehead atoms. The van der Waals surface area contributed by atoms with Crippen LogP contribution in [0.2, 0.25) is 0 Å². The van der Waals surface area contributed by atoms with E-state index in [1.54, 1.807) is 0 Å². The lowest BCUT2D eigenvalue weighted by Gasteiger charge is -2.34. The highest BCUT2D eigenvalue weighted by molar-refractivity contribution is 7.26. The van der Waals surface area contributed by atoms with Crippen LogP contribution in [0.1, 0.15) is 44.5 Å². The first-order chi connectivity index (χ1) is 65.6. The van der Waals surface area contributed by atoms with Crippen molar-refractivity contribution in [1.82, 2.24) is 4.57 Å². The van der Waals surface area contributed by atoms with E-state index in [1.807, 2.05) is 11.3 Å². The number of aromatic nitrogens is 1. The van der Waals surface area contributed by atoms with Gasteiger partial charge in [0.25, 0.3) is 0 Å². The average Bonchev–Trinajstić information content (AvgIpc) is 1.53. The first-order valence-corrected chi connectivity index (χ1v) is 46.4. The van der Waals surface area contributed by atoms with Gasteiger partial charge in [0.05, 0.1) is 55.0 Å². The molecule has 618 valence electrons. The maximum atomic E-state index is 2.62. The lowest BCUT2D eigenvalue weighted by molar-refractivity contribution is 0.768. The summed E-state index contributed by atoms with van der Waals surface area (Å²) in [5.74, 6) is 0. The molecular formula is C128H85N3S. The Morgan fingerprint density at radius 2 is 0.530 bits per heavy atom. The molecule has 0 saturated heterocycles. The Balaban J connectivity index is 0.656. The van der Waals surface area contributed by atoms with Crippen molar-refractivity contribution in [2.24, 2.45) is 0 Å². The molecule has 0 saturated carbocycles. The molecule has 2 aliphatic rings. The molecule has 2 heterocycles. The summed E-state index contributed by atoms with van der Waals surface area (Å²) in [7, 11) is 0. The van der Waals surface area contributed by atoms with E-state index in [-0.39, 0.29) is 0 Å². The van der Waals surface area contributed by atoms with Gasteiger partial charge in [0.1, 0.15) is 0 Å². The van der Waals surface area contributed by atoms with Gasteiger partial charge in [-0.3, -0.25) is 0 Å². The molecule has 4 heteroatoms. The van der Waals surface area contributed by atoms with Crippen molar-refractivity contribution < 1.29 is 0 Å². The maximum Gasteiger partial charge on any atom is 0.0714 e. The number of hydrogen-bond donors (Lipinski definition) is 0. The monoisotopic (exact) mass is 1700 g/mol. The fourth-order valence-corrected chi connectivity index (χ4v) is 23.6. The van der Waals surface area contributed by atoms with Crippen LogP contribution in [0.15, 0.2) is 516 Å². The standard InChI is InChI=1S/C128H85N3S/c1-7-41-86(42-8-1)96-55-19-21-57-98(96)100-59-23-25-61-102(100)104-63-29-34-73-116(104)130(120-76-39-71-114-124(120)109-66-27-32-69-112(109)127(114,90-46-11-3-12-47-90)91-48-13-4-14-49-91)95-80-82-119-111(85-95)106-65-31-35-74-117(106)129(119)94-54-37-45-88(83-94)89-79-81-107-108-68-38-78-122(126(108)132-123(107)84-89)131(118-75-36-30-64-105(118)103-62-26-24-60-101(103)99-58-22-20-56-97(99)87-43-9-2-10-44-87)121-77-40-72-115-125(121)110-67-28-33-70-113(110)128(115,92-50-15-5-16-51-92)93-52-17-6-18-53-93/h1-85H. The minimum Gasteiger partial charge on any atom is -0.309 e. The quantitative estimate of drug-likeness (QED) is 0.0848. The Morgan fingerprint density at radius 3 is 1.04 bits per heavy atom. The minimum atomic E-state index is -0.635. The van der Waals surface area contributed by atoms with E-state index >= 15 is 0 Å². The van der Waals surface area contributed by atoms with E-state index in [0.29, 0.717) is 0 Å².